The van der Waals surface area contributed by atoms with Crippen LogP contribution < -0.4 is 16.8 Å². The van der Waals surface area contributed by atoms with Crippen molar-refractivity contribution in [2.24, 2.45) is 11.5 Å². The Balaban J connectivity index is 2.89. The van der Waals surface area contributed by atoms with Gasteiger partial charge in [-0.3, -0.25) is 0 Å². The normalized spacial score (nSPS) is 9.69. The summed E-state index contributed by atoms with van der Waals surface area (Å²) in [5.74, 6) is 0. The summed E-state index contributed by atoms with van der Waals surface area (Å²) in [7, 11) is 0. The molecule has 0 atom stereocenters. The highest BCUT2D eigenvalue weighted by molar-refractivity contribution is 5.87. The maximum atomic E-state index is 10.5. The van der Waals surface area contributed by atoms with Crippen molar-refractivity contribution in [1.29, 1.82) is 0 Å². The number of rotatable bonds is 2. The molecule has 0 unspecified atom stereocenters. The molecular formula is C9H13N3O. The molecule has 0 bridgehead atoms. The monoisotopic (exact) mass is 179 g/mol. The fraction of sp³-hybridized carbons (Fsp3) is 0.222. The third-order valence-corrected chi connectivity index (χ3v) is 1.83. The van der Waals surface area contributed by atoms with Gasteiger partial charge in [-0.05, 0) is 30.2 Å². The summed E-state index contributed by atoms with van der Waals surface area (Å²) >= 11 is 0. The number of aryl methyl sites for hydroxylation is 1. The van der Waals surface area contributed by atoms with E-state index >= 15 is 0 Å². The van der Waals surface area contributed by atoms with Gasteiger partial charge in [0.25, 0.3) is 0 Å². The smallest absolute Gasteiger partial charge is 0.316 e. The van der Waals surface area contributed by atoms with E-state index in [4.69, 9.17) is 11.5 Å². The number of urea groups is 1. The van der Waals surface area contributed by atoms with Crippen LogP contribution in [0.5, 0.6) is 0 Å². The molecule has 5 N–H and O–H groups in total. The molecule has 0 fully saturated rings. The minimum Gasteiger partial charge on any atom is -0.351 e. The number of benzene rings is 1. The summed E-state index contributed by atoms with van der Waals surface area (Å²) in [6.45, 7) is 2.44. The molecule has 4 heteroatoms. The summed E-state index contributed by atoms with van der Waals surface area (Å²) in [6, 6.07) is 4.94. The van der Waals surface area contributed by atoms with Crippen molar-refractivity contribution in [3.8, 4) is 0 Å². The zero-order chi connectivity index (χ0) is 9.84. The molecule has 0 radical (unpaired) electrons. The Morgan fingerprint density at radius 1 is 1.54 bits per heavy atom. The van der Waals surface area contributed by atoms with Gasteiger partial charge in [0.15, 0.2) is 0 Å². The van der Waals surface area contributed by atoms with Crippen molar-refractivity contribution < 1.29 is 4.79 Å². The lowest BCUT2D eigenvalue weighted by Crippen LogP contribution is -2.19. The Bertz CT molecular complexity index is 323. The van der Waals surface area contributed by atoms with Crippen molar-refractivity contribution in [1.82, 2.24) is 0 Å². The predicted molar refractivity (Wildman–Crippen MR) is 52.3 cm³/mol. The average Bonchev–Trinajstić information content (AvgIpc) is 2.03. The number of hydrogen-bond donors (Lipinski definition) is 3. The van der Waals surface area contributed by atoms with E-state index in [1.165, 1.54) is 0 Å². The van der Waals surface area contributed by atoms with Gasteiger partial charge in [-0.2, -0.15) is 0 Å². The van der Waals surface area contributed by atoms with Crippen LogP contribution in [0.25, 0.3) is 0 Å². The standard InChI is InChI=1S/C9H13N3O/c1-6-4-8(12-9(11)13)3-2-7(6)5-10/h2-4H,5,10H2,1H3,(H3,11,12,13). The first kappa shape index (κ1) is 9.54. The molecule has 0 aliphatic heterocycles. The number of hydrogen-bond acceptors (Lipinski definition) is 2. The Kier molecular flexibility index (Phi) is 2.87. The summed E-state index contributed by atoms with van der Waals surface area (Å²) in [4.78, 5) is 10.5. The van der Waals surface area contributed by atoms with Crippen LogP contribution in [0.3, 0.4) is 0 Å². The molecule has 70 valence electrons. The quantitative estimate of drug-likeness (QED) is 0.631. The van der Waals surface area contributed by atoms with Crippen LogP contribution in [0.15, 0.2) is 18.2 Å². The fourth-order valence-corrected chi connectivity index (χ4v) is 1.14. The molecule has 0 spiro atoms. The highest BCUT2D eigenvalue weighted by atomic mass is 16.2. The lowest BCUT2D eigenvalue weighted by Gasteiger charge is -2.06. The molecule has 0 aliphatic carbocycles. The van der Waals surface area contributed by atoms with Crippen LogP contribution in [-0.4, -0.2) is 6.03 Å². The number of nitrogens with two attached hydrogens (primary N) is 2. The second kappa shape index (κ2) is 3.91. The molecule has 1 aromatic rings. The van der Waals surface area contributed by atoms with Gasteiger partial charge in [0.2, 0.25) is 0 Å². The van der Waals surface area contributed by atoms with Gasteiger partial charge in [-0.1, -0.05) is 6.07 Å². The van der Waals surface area contributed by atoms with Gasteiger partial charge in [0.05, 0.1) is 0 Å². The first-order valence-electron chi connectivity index (χ1n) is 3.99. The van der Waals surface area contributed by atoms with E-state index in [1.54, 1.807) is 6.07 Å². The number of carbonyl (C=O) groups is 1. The van der Waals surface area contributed by atoms with Gasteiger partial charge in [0.1, 0.15) is 0 Å². The van der Waals surface area contributed by atoms with Crippen LogP contribution in [0.4, 0.5) is 10.5 Å². The second-order valence-corrected chi connectivity index (χ2v) is 2.83. The minimum atomic E-state index is -0.556. The van der Waals surface area contributed by atoms with E-state index in [1.807, 2.05) is 19.1 Å². The molecule has 0 aliphatic rings. The van der Waals surface area contributed by atoms with Crippen LogP contribution >= 0.6 is 0 Å². The number of primary amides is 1. The summed E-state index contributed by atoms with van der Waals surface area (Å²) in [5.41, 5.74) is 13.3. The number of carbonyl (C=O) groups excluding carboxylic acids is 1. The number of nitrogens with one attached hydrogen (secondary N) is 1. The van der Waals surface area contributed by atoms with Crippen LogP contribution in [0.1, 0.15) is 11.1 Å². The van der Waals surface area contributed by atoms with Gasteiger partial charge >= 0.3 is 6.03 Å². The Hall–Kier alpha value is -1.55. The van der Waals surface area contributed by atoms with Crippen molar-refractivity contribution in [2.75, 3.05) is 5.32 Å². The van der Waals surface area contributed by atoms with Gasteiger partial charge in [-0.15, -0.1) is 0 Å². The number of anilines is 1. The fourth-order valence-electron chi connectivity index (χ4n) is 1.14. The van der Waals surface area contributed by atoms with E-state index in [-0.39, 0.29) is 0 Å². The predicted octanol–water partition coefficient (Wildman–Crippen LogP) is 0.944. The Labute approximate surface area is 76.9 Å². The van der Waals surface area contributed by atoms with E-state index in [0.717, 1.165) is 11.1 Å². The van der Waals surface area contributed by atoms with Crippen LogP contribution in [0.2, 0.25) is 0 Å². The third kappa shape index (κ3) is 2.45. The molecule has 0 aromatic heterocycles. The topological polar surface area (TPSA) is 81.1 Å². The first-order chi connectivity index (χ1) is 6.13. The lowest BCUT2D eigenvalue weighted by atomic mass is 10.1. The van der Waals surface area contributed by atoms with Crippen molar-refractivity contribution in [3.05, 3.63) is 29.3 Å². The largest absolute Gasteiger partial charge is 0.351 e. The molecule has 2 amide bonds. The summed E-state index contributed by atoms with van der Waals surface area (Å²) in [5, 5.41) is 2.49. The lowest BCUT2D eigenvalue weighted by molar-refractivity contribution is 0.259. The van der Waals surface area contributed by atoms with E-state index in [0.29, 0.717) is 12.2 Å². The highest BCUT2D eigenvalue weighted by Gasteiger charge is 1.99. The van der Waals surface area contributed by atoms with Crippen molar-refractivity contribution in [2.45, 2.75) is 13.5 Å². The third-order valence-electron chi connectivity index (χ3n) is 1.83. The maximum Gasteiger partial charge on any atom is 0.316 e. The van der Waals surface area contributed by atoms with Crippen LogP contribution in [0, 0.1) is 6.92 Å². The Morgan fingerprint density at radius 3 is 2.69 bits per heavy atom. The molecule has 0 saturated heterocycles. The molecule has 0 heterocycles. The van der Waals surface area contributed by atoms with Crippen molar-refractivity contribution >= 4 is 11.7 Å². The summed E-state index contributed by atoms with van der Waals surface area (Å²) < 4.78 is 0. The number of amides is 2. The van der Waals surface area contributed by atoms with E-state index in [9.17, 15) is 4.79 Å². The molecule has 1 rings (SSSR count). The molecule has 4 nitrogen and oxygen atoms in total. The minimum absolute atomic E-state index is 0.503. The zero-order valence-electron chi connectivity index (χ0n) is 7.50. The van der Waals surface area contributed by atoms with Gasteiger partial charge < -0.3 is 16.8 Å². The highest BCUT2D eigenvalue weighted by Crippen LogP contribution is 2.14. The van der Waals surface area contributed by atoms with Gasteiger partial charge in [-0.25, -0.2) is 4.79 Å². The molecule has 1 aromatic carbocycles. The molecule has 0 saturated carbocycles. The maximum absolute atomic E-state index is 10.5. The Morgan fingerprint density at radius 2 is 2.23 bits per heavy atom. The van der Waals surface area contributed by atoms with Gasteiger partial charge in [0, 0.05) is 12.2 Å². The van der Waals surface area contributed by atoms with E-state index in [2.05, 4.69) is 5.32 Å². The second-order valence-electron chi connectivity index (χ2n) is 2.83. The van der Waals surface area contributed by atoms with Crippen molar-refractivity contribution in [3.63, 3.8) is 0 Å². The van der Waals surface area contributed by atoms with Crippen LogP contribution in [-0.2, 0) is 6.54 Å². The van der Waals surface area contributed by atoms with E-state index < -0.39 is 6.03 Å². The SMILES string of the molecule is Cc1cc(NC(N)=O)ccc1CN. The molecular weight excluding hydrogens is 166 g/mol. The summed E-state index contributed by atoms with van der Waals surface area (Å²) in [6.07, 6.45) is 0. The zero-order valence-corrected chi connectivity index (χ0v) is 7.50. The first-order valence-corrected chi connectivity index (χ1v) is 3.99. The average molecular weight is 179 g/mol. The molecule has 13 heavy (non-hydrogen) atoms.